The van der Waals surface area contributed by atoms with Crippen molar-refractivity contribution < 1.29 is 31.9 Å². The van der Waals surface area contributed by atoms with E-state index in [1.165, 1.54) is 61.6 Å². The van der Waals surface area contributed by atoms with Crippen molar-refractivity contribution in [2.75, 3.05) is 25.1 Å². The van der Waals surface area contributed by atoms with Crippen LogP contribution in [0.5, 0.6) is 11.5 Å². The Kier molecular flexibility index (Phi) is 10.6. The fourth-order valence-electron chi connectivity index (χ4n) is 4.38. The Morgan fingerprint density at radius 2 is 1.60 bits per heavy atom. The van der Waals surface area contributed by atoms with Crippen LogP contribution in [-0.2, 0) is 26.2 Å². The number of sulfonamides is 1. The van der Waals surface area contributed by atoms with Crippen LogP contribution in [0.1, 0.15) is 39.7 Å². The fourth-order valence-corrected chi connectivity index (χ4v) is 5.82. The molecule has 0 saturated heterocycles. The van der Waals surface area contributed by atoms with Crippen LogP contribution in [0.4, 0.5) is 10.1 Å². The number of amides is 2. The second-order valence-electron chi connectivity index (χ2n) is 10.7. The van der Waals surface area contributed by atoms with E-state index in [-0.39, 0.29) is 29.3 Å². The van der Waals surface area contributed by atoms with E-state index >= 15 is 0 Å². The first-order valence-electron chi connectivity index (χ1n) is 13.5. The number of nitrogens with zero attached hydrogens (tertiary/aromatic N) is 2. The van der Waals surface area contributed by atoms with Gasteiger partial charge in [0.25, 0.3) is 10.0 Å². The number of nitrogens with one attached hydrogen (secondary N) is 1. The lowest BCUT2D eigenvalue weighted by molar-refractivity contribution is -0.141. The number of benzene rings is 3. The topological polar surface area (TPSA) is 105 Å². The van der Waals surface area contributed by atoms with Crippen LogP contribution in [0, 0.1) is 5.82 Å². The van der Waals surface area contributed by atoms with Gasteiger partial charge in [-0.2, -0.15) is 0 Å². The quantitative estimate of drug-likeness (QED) is 0.322. The first-order valence-corrected chi connectivity index (χ1v) is 14.9. The Bertz CT molecular complexity index is 1470. The van der Waals surface area contributed by atoms with E-state index in [9.17, 15) is 22.4 Å². The van der Waals surface area contributed by atoms with Crippen LogP contribution in [0.2, 0.25) is 0 Å². The molecule has 0 unspecified atom stereocenters. The van der Waals surface area contributed by atoms with Gasteiger partial charge >= 0.3 is 0 Å². The maximum absolute atomic E-state index is 14.2. The maximum Gasteiger partial charge on any atom is 0.264 e. The monoisotopic (exact) mass is 599 g/mol. The summed E-state index contributed by atoms with van der Waals surface area (Å²) in [7, 11) is -1.46. The van der Waals surface area contributed by atoms with Crippen molar-refractivity contribution in [1.29, 1.82) is 0 Å². The normalized spacial score (nSPS) is 12.3. The molecule has 9 nitrogen and oxygen atoms in total. The summed E-state index contributed by atoms with van der Waals surface area (Å²) >= 11 is 0. The Balaban J connectivity index is 2.14. The van der Waals surface area contributed by atoms with Crippen LogP contribution < -0.4 is 19.1 Å². The summed E-state index contributed by atoms with van der Waals surface area (Å²) in [5.41, 5.74) is 0.0808. The van der Waals surface area contributed by atoms with E-state index in [1.807, 2.05) is 20.8 Å². The molecule has 0 aliphatic rings. The minimum Gasteiger partial charge on any atom is -0.497 e. The largest absolute Gasteiger partial charge is 0.497 e. The van der Waals surface area contributed by atoms with E-state index in [1.54, 1.807) is 37.3 Å². The predicted molar refractivity (Wildman–Crippen MR) is 159 cm³/mol. The molecule has 3 aromatic rings. The Labute approximate surface area is 247 Å². The number of anilines is 1. The van der Waals surface area contributed by atoms with E-state index in [4.69, 9.17) is 9.47 Å². The third-order valence-corrected chi connectivity index (χ3v) is 8.19. The van der Waals surface area contributed by atoms with Crippen LogP contribution in [0.15, 0.2) is 77.7 Å². The first kappa shape index (κ1) is 32.4. The molecular formula is C31H38FN3O6S. The van der Waals surface area contributed by atoms with Gasteiger partial charge in [-0.15, -0.1) is 0 Å². The molecule has 42 heavy (non-hydrogen) atoms. The van der Waals surface area contributed by atoms with Gasteiger partial charge in [-0.3, -0.25) is 13.9 Å². The summed E-state index contributed by atoms with van der Waals surface area (Å²) in [5.74, 6) is -0.924. The van der Waals surface area contributed by atoms with Crippen molar-refractivity contribution >= 4 is 27.5 Å². The summed E-state index contributed by atoms with van der Waals surface area (Å²) in [5, 5.41) is 2.91. The van der Waals surface area contributed by atoms with E-state index < -0.39 is 45.8 Å². The molecule has 3 aromatic carbocycles. The second-order valence-corrected chi connectivity index (χ2v) is 12.5. The molecule has 1 N–H and O–H groups in total. The molecule has 0 radical (unpaired) electrons. The molecular weight excluding hydrogens is 561 g/mol. The molecule has 0 heterocycles. The minimum absolute atomic E-state index is 0.0368. The molecule has 226 valence electrons. The predicted octanol–water partition coefficient (Wildman–Crippen LogP) is 4.76. The van der Waals surface area contributed by atoms with E-state index in [0.29, 0.717) is 11.3 Å². The van der Waals surface area contributed by atoms with Gasteiger partial charge in [0.05, 0.1) is 24.8 Å². The van der Waals surface area contributed by atoms with Gasteiger partial charge in [-0.05, 0) is 69.2 Å². The van der Waals surface area contributed by atoms with E-state index in [2.05, 4.69) is 5.32 Å². The van der Waals surface area contributed by atoms with Gasteiger partial charge in [0.15, 0.2) is 0 Å². The summed E-state index contributed by atoms with van der Waals surface area (Å²) in [6.45, 7) is 6.54. The van der Waals surface area contributed by atoms with Gasteiger partial charge in [-0.25, -0.2) is 12.8 Å². The number of carbonyl (C=O) groups excluding carboxylic acids is 2. The van der Waals surface area contributed by atoms with Crippen LogP contribution in [0.25, 0.3) is 0 Å². The lowest BCUT2D eigenvalue weighted by atomic mass is 10.1. The van der Waals surface area contributed by atoms with Crippen molar-refractivity contribution in [3.8, 4) is 11.5 Å². The number of carbonyl (C=O) groups is 2. The third kappa shape index (κ3) is 8.00. The molecule has 0 spiro atoms. The van der Waals surface area contributed by atoms with Crippen LogP contribution in [0.3, 0.4) is 0 Å². The Morgan fingerprint density at radius 1 is 0.952 bits per heavy atom. The zero-order valence-electron chi connectivity index (χ0n) is 24.8. The third-order valence-electron chi connectivity index (χ3n) is 6.42. The zero-order chi connectivity index (χ0) is 31.1. The molecule has 0 fully saturated rings. The smallest absolute Gasteiger partial charge is 0.264 e. The minimum atomic E-state index is -4.30. The number of rotatable bonds is 12. The molecule has 0 aliphatic carbocycles. The summed E-state index contributed by atoms with van der Waals surface area (Å²) in [4.78, 5) is 28.9. The Hall–Kier alpha value is -4.12. The number of halogens is 1. The molecule has 0 aliphatic heterocycles. The number of hydrogen-bond acceptors (Lipinski definition) is 6. The standard InChI is InChI=1S/C31H38FN3O6S/c1-7-26(30(37)33-31(2,3)4)34(20-22-13-15-23(32)16-14-22)29(36)21-35(42(38,39)25-11-9-8-10-12-25)27-19-24(40-5)17-18-28(27)41-6/h8-19,26H,7,20-21H2,1-6H3,(H,33,37)/t26-/m1/s1. The zero-order valence-corrected chi connectivity index (χ0v) is 25.6. The summed E-state index contributed by atoms with van der Waals surface area (Å²) in [6.07, 6.45) is 0.253. The van der Waals surface area contributed by atoms with Gasteiger partial charge in [0, 0.05) is 18.2 Å². The molecule has 11 heteroatoms. The molecule has 2 amide bonds. The molecule has 0 saturated carbocycles. The van der Waals surface area contributed by atoms with Gasteiger partial charge in [-0.1, -0.05) is 37.3 Å². The number of methoxy groups -OCH3 is 2. The highest BCUT2D eigenvalue weighted by atomic mass is 32.2. The van der Waals surface area contributed by atoms with Crippen LogP contribution in [-0.4, -0.2) is 57.5 Å². The number of hydrogen-bond donors (Lipinski definition) is 1. The fraction of sp³-hybridized carbons (Fsp3) is 0.355. The van der Waals surface area contributed by atoms with Crippen molar-refractivity contribution in [3.05, 3.63) is 84.2 Å². The molecule has 0 aromatic heterocycles. The van der Waals surface area contributed by atoms with Crippen molar-refractivity contribution in [1.82, 2.24) is 10.2 Å². The van der Waals surface area contributed by atoms with Crippen molar-refractivity contribution in [2.24, 2.45) is 0 Å². The van der Waals surface area contributed by atoms with E-state index in [0.717, 1.165) is 4.31 Å². The maximum atomic E-state index is 14.2. The highest BCUT2D eigenvalue weighted by Gasteiger charge is 2.35. The van der Waals surface area contributed by atoms with Gasteiger partial charge in [0.1, 0.15) is 29.9 Å². The summed E-state index contributed by atoms with van der Waals surface area (Å²) < 4.78 is 53.6. The molecule has 3 rings (SSSR count). The SMILES string of the molecule is CC[C@H](C(=O)NC(C)(C)C)N(Cc1ccc(F)cc1)C(=O)CN(c1cc(OC)ccc1OC)S(=O)(=O)c1ccccc1. The lowest BCUT2D eigenvalue weighted by Crippen LogP contribution is -2.55. The van der Waals surface area contributed by atoms with Gasteiger partial charge < -0.3 is 19.7 Å². The molecule has 0 bridgehead atoms. The highest BCUT2D eigenvalue weighted by molar-refractivity contribution is 7.92. The number of ether oxygens (including phenoxy) is 2. The average Bonchev–Trinajstić information content (AvgIpc) is 2.95. The van der Waals surface area contributed by atoms with Crippen molar-refractivity contribution in [2.45, 2.75) is 57.1 Å². The first-order chi connectivity index (χ1) is 19.8. The Morgan fingerprint density at radius 3 is 2.14 bits per heavy atom. The van der Waals surface area contributed by atoms with Crippen molar-refractivity contribution in [3.63, 3.8) is 0 Å². The lowest BCUT2D eigenvalue weighted by Gasteiger charge is -2.35. The summed E-state index contributed by atoms with van der Waals surface area (Å²) in [6, 6.07) is 17.0. The second kappa shape index (κ2) is 13.7. The van der Waals surface area contributed by atoms with Crippen LogP contribution >= 0.6 is 0 Å². The molecule has 1 atom stereocenters. The highest BCUT2D eigenvalue weighted by Crippen LogP contribution is 2.36. The van der Waals surface area contributed by atoms with Gasteiger partial charge in [0.2, 0.25) is 11.8 Å². The average molecular weight is 600 g/mol.